The number of rotatable bonds is 2. The molecule has 0 saturated heterocycles. The first kappa shape index (κ1) is 15.3. The van der Waals surface area contributed by atoms with Gasteiger partial charge in [-0.15, -0.1) is 0 Å². The third kappa shape index (κ3) is 3.26. The van der Waals surface area contributed by atoms with Gasteiger partial charge in [0.05, 0.1) is 0 Å². The number of nitrogens with two attached hydrogens (primary N) is 1. The third-order valence-electron chi connectivity index (χ3n) is 5.41. The van der Waals surface area contributed by atoms with Gasteiger partial charge in [0, 0.05) is 24.1 Å². The summed E-state index contributed by atoms with van der Waals surface area (Å²) in [5.74, 6) is 0.946. The standard InChI is InChI=1S/C20H27NO/c1-20(2)11-9-15(10-12-20)18-13-16(5-8-19(18)21)14-3-6-17(22)7-4-14/h5,8-9,13-14H,3-4,6-7,10-12,21H2,1-2H3. The molecule has 1 fully saturated rings. The van der Waals surface area contributed by atoms with Crippen LogP contribution in [0.5, 0.6) is 0 Å². The van der Waals surface area contributed by atoms with E-state index in [0.717, 1.165) is 44.2 Å². The molecule has 1 aromatic rings. The summed E-state index contributed by atoms with van der Waals surface area (Å²) in [5, 5.41) is 0. The predicted molar refractivity (Wildman–Crippen MR) is 92.7 cm³/mol. The van der Waals surface area contributed by atoms with E-state index in [-0.39, 0.29) is 0 Å². The van der Waals surface area contributed by atoms with E-state index < -0.39 is 0 Å². The van der Waals surface area contributed by atoms with Crippen molar-refractivity contribution >= 4 is 17.0 Å². The highest BCUT2D eigenvalue weighted by Gasteiger charge is 2.24. The van der Waals surface area contributed by atoms with Crippen LogP contribution < -0.4 is 5.73 Å². The summed E-state index contributed by atoms with van der Waals surface area (Å²) < 4.78 is 0. The van der Waals surface area contributed by atoms with Crippen LogP contribution in [0.4, 0.5) is 5.69 Å². The summed E-state index contributed by atoms with van der Waals surface area (Å²) in [5.41, 5.74) is 11.5. The minimum absolute atomic E-state index is 0.416. The van der Waals surface area contributed by atoms with Crippen molar-refractivity contribution in [2.45, 2.75) is 64.7 Å². The monoisotopic (exact) mass is 297 g/mol. The molecule has 1 aromatic carbocycles. The topological polar surface area (TPSA) is 43.1 Å². The molecule has 0 unspecified atom stereocenters. The van der Waals surface area contributed by atoms with Crippen molar-refractivity contribution in [3.05, 3.63) is 35.4 Å². The van der Waals surface area contributed by atoms with Gasteiger partial charge < -0.3 is 5.73 Å². The molecular weight excluding hydrogens is 270 g/mol. The lowest BCUT2D eigenvalue weighted by Crippen LogP contribution is -2.15. The summed E-state index contributed by atoms with van der Waals surface area (Å²) in [6, 6.07) is 6.51. The lowest BCUT2D eigenvalue weighted by molar-refractivity contribution is -0.120. The Bertz CT molecular complexity index is 602. The molecular formula is C20H27NO. The van der Waals surface area contributed by atoms with Crippen molar-refractivity contribution in [3.63, 3.8) is 0 Å². The number of ketones is 1. The molecule has 2 N–H and O–H groups in total. The van der Waals surface area contributed by atoms with Gasteiger partial charge in [-0.25, -0.2) is 0 Å². The smallest absolute Gasteiger partial charge is 0.132 e. The van der Waals surface area contributed by atoms with Gasteiger partial charge in [-0.3, -0.25) is 4.79 Å². The Morgan fingerprint density at radius 1 is 1.14 bits per heavy atom. The highest BCUT2D eigenvalue weighted by molar-refractivity contribution is 5.79. The number of carbonyl (C=O) groups is 1. The molecule has 3 rings (SSSR count). The summed E-state index contributed by atoms with van der Waals surface area (Å²) in [6.07, 6.45) is 9.31. The fourth-order valence-electron chi connectivity index (χ4n) is 3.70. The zero-order valence-corrected chi connectivity index (χ0v) is 13.8. The largest absolute Gasteiger partial charge is 0.398 e. The van der Waals surface area contributed by atoms with Crippen LogP contribution in [0.15, 0.2) is 24.3 Å². The maximum absolute atomic E-state index is 11.4. The first-order valence-corrected chi connectivity index (χ1v) is 8.55. The fraction of sp³-hybridized carbons (Fsp3) is 0.550. The van der Waals surface area contributed by atoms with Gasteiger partial charge in [0.2, 0.25) is 0 Å². The molecule has 2 aliphatic carbocycles. The second kappa shape index (κ2) is 5.91. The van der Waals surface area contributed by atoms with E-state index in [2.05, 4.69) is 38.1 Å². The Morgan fingerprint density at radius 2 is 1.86 bits per heavy atom. The van der Waals surface area contributed by atoms with E-state index in [9.17, 15) is 4.79 Å². The molecule has 0 amide bonds. The van der Waals surface area contributed by atoms with Crippen LogP contribution in [0.2, 0.25) is 0 Å². The number of anilines is 1. The minimum Gasteiger partial charge on any atom is -0.398 e. The molecule has 0 atom stereocenters. The Labute approximate surface area is 133 Å². The molecule has 22 heavy (non-hydrogen) atoms. The van der Waals surface area contributed by atoms with Gasteiger partial charge in [0.25, 0.3) is 0 Å². The van der Waals surface area contributed by atoms with Gasteiger partial charge in [0.15, 0.2) is 0 Å². The number of hydrogen-bond acceptors (Lipinski definition) is 2. The zero-order valence-electron chi connectivity index (χ0n) is 13.8. The quantitative estimate of drug-likeness (QED) is 0.773. The van der Waals surface area contributed by atoms with Crippen molar-refractivity contribution in [3.8, 4) is 0 Å². The normalized spacial score (nSPS) is 22.5. The SMILES string of the molecule is CC1(C)CC=C(c2cc(C3CCC(=O)CC3)ccc2N)CC1. The number of allylic oxidation sites excluding steroid dienone is 2. The van der Waals surface area contributed by atoms with E-state index in [1.807, 2.05) is 0 Å². The Balaban J connectivity index is 1.84. The summed E-state index contributed by atoms with van der Waals surface area (Å²) in [4.78, 5) is 11.4. The number of hydrogen-bond donors (Lipinski definition) is 1. The average molecular weight is 297 g/mol. The Hall–Kier alpha value is -1.57. The molecule has 2 heteroatoms. The van der Waals surface area contributed by atoms with Crippen molar-refractivity contribution in [2.24, 2.45) is 5.41 Å². The van der Waals surface area contributed by atoms with Crippen molar-refractivity contribution < 1.29 is 4.79 Å². The molecule has 0 aliphatic heterocycles. The van der Waals surface area contributed by atoms with Crippen molar-refractivity contribution in [1.82, 2.24) is 0 Å². The maximum Gasteiger partial charge on any atom is 0.132 e. The number of nitrogen functional groups attached to an aromatic ring is 1. The Kier molecular flexibility index (Phi) is 4.12. The minimum atomic E-state index is 0.416. The third-order valence-corrected chi connectivity index (χ3v) is 5.41. The summed E-state index contributed by atoms with van der Waals surface area (Å²) in [7, 11) is 0. The lowest BCUT2D eigenvalue weighted by atomic mass is 9.76. The van der Waals surface area contributed by atoms with Gasteiger partial charge in [-0.2, -0.15) is 0 Å². The molecule has 0 heterocycles. The second-order valence-corrected chi connectivity index (χ2v) is 7.76. The molecule has 0 aromatic heterocycles. The van der Waals surface area contributed by atoms with Crippen molar-refractivity contribution in [2.75, 3.05) is 5.73 Å². The van der Waals surface area contributed by atoms with E-state index in [1.165, 1.54) is 23.1 Å². The van der Waals surface area contributed by atoms with Crippen molar-refractivity contribution in [1.29, 1.82) is 0 Å². The number of benzene rings is 1. The second-order valence-electron chi connectivity index (χ2n) is 7.76. The van der Waals surface area contributed by atoms with E-state index in [1.54, 1.807) is 0 Å². The molecule has 1 saturated carbocycles. The highest BCUT2D eigenvalue weighted by Crippen LogP contribution is 2.41. The predicted octanol–water partition coefficient (Wildman–Crippen LogP) is 5.09. The maximum atomic E-state index is 11.4. The summed E-state index contributed by atoms with van der Waals surface area (Å²) >= 11 is 0. The average Bonchev–Trinajstić information content (AvgIpc) is 2.49. The number of carbonyl (C=O) groups excluding carboxylic acids is 1. The molecule has 0 radical (unpaired) electrons. The molecule has 118 valence electrons. The van der Waals surface area contributed by atoms with Gasteiger partial charge in [0.1, 0.15) is 5.78 Å². The van der Waals surface area contributed by atoms with Gasteiger partial charge >= 0.3 is 0 Å². The Morgan fingerprint density at radius 3 is 2.50 bits per heavy atom. The van der Waals surface area contributed by atoms with E-state index >= 15 is 0 Å². The van der Waals surface area contributed by atoms with E-state index in [0.29, 0.717) is 17.1 Å². The van der Waals surface area contributed by atoms with Crippen LogP contribution in [-0.4, -0.2) is 5.78 Å². The lowest BCUT2D eigenvalue weighted by Gasteiger charge is -2.29. The first-order chi connectivity index (χ1) is 10.4. The van der Waals surface area contributed by atoms with Gasteiger partial charge in [-0.05, 0) is 66.7 Å². The van der Waals surface area contributed by atoms with Crippen LogP contribution in [0.25, 0.3) is 5.57 Å². The molecule has 0 bridgehead atoms. The zero-order chi connectivity index (χ0) is 15.7. The first-order valence-electron chi connectivity index (χ1n) is 8.55. The molecule has 2 nitrogen and oxygen atoms in total. The van der Waals surface area contributed by atoms with E-state index in [4.69, 9.17) is 5.73 Å². The van der Waals surface area contributed by atoms with Crippen LogP contribution >= 0.6 is 0 Å². The molecule has 0 spiro atoms. The fourth-order valence-corrected chi connectivity index (χ4v) is 3.70. The van der Waals surface area contributed by atoms with Crippen LogP contribution in [0.1, 0.15) is 75.8 Å². The molecule has 2 aliphatic rings. The van der Waals surface area contributed by atoms with Crippen LogP contribution in [0.3, 0.4) is 0 Å². The number of Topliss-reactive ketones (excluding diaryl/α,β-unsaturated/α-hetero) is 1. The van der Waals surface area contributed by atoms with Crippen LogP contribution in [0, 0.1) is 5.41 Å². The highest BCUT2D eigenvalue weighted by atomic mass is 16.1. The van der Waals surface area contributed by atoms with Gasteiger partial charge in [-0.1, -0.05) is 26.0 Å². The summed E-state index contributed by atoms with van der Waals surface area (Å²) in [6.45, 7) is 4.66. The van der Waals surface area contributed by atoms with Crippen LogP contribution in [-0.2, 0) is 4.79 Å².